The van der Waals surface area contributed by atoms with Gasteiger partial charge < -0.3 is 0 Å². The Balaban J connectivity index is 1.90. The molecule has 0 bridgehead atoms. The molecule has 2 aromatic rings. The number of hydrogen-bond acceptors (Lipinski definition) is 6. The highest BCUT2D eigenvalue weighted by atomic mass is 35.5. The van der Waals surface area contributed by atoms with Crippen LogP contribution in [0.4, 0.5) is 5.13 Å². The Bertz CT molecular complexity index is 603. The van der Waals surface area contributed by atoms with Gasteiger partial charge in [-0.1, -0.05) is 41.6 Å². The molecule has 1 aromatic heterocycles. The highest BCUT2D eigenvalue weighted by Gasteiger charge is 2.16. The first-order chi connectivity index (χ1) is 10.1. The zero-order valence-electron chi connectivity index (χ0n) is 11.5. The normalized spacial score (nSPS) is 12.1. The number of thioether (sulfide) groups is 2. The molecule has 21 heavy (non-hydrogen) atoms. The Hall–Kier alpha value is -0.760. The van der Waals surface area contributed by atoms with E-state index in [-0.39, 0.29) is 11.2 Å². The molecule has 1 heterocycles. The van der Waals surface area contributed by atoms with Gasteiger partial charge in [-0.05, 0) is 36.9 Å². The monoisotopic (exact) mass is 359 g/mol. The summed E-state index contributed by atoms with van der Waals surface area (Å²) in [7, 11) is 0. The van der Waals surface area contributed by atoms with E-state index in [4.69, 9.17) is 11.6 Å². The maximum Gasteiger partial charge on any atom is 0.239 e. The molecular weight excluding hydrogens is 346 g/mol. The first-order valence-electron chi connectivity index (χ1n) is 6.28. The zero-order chi connectivity index (χ0) is 15.2. The molecule has 1 aromatic carbocycles. The van der Waals surface area contributed by atoms with E-state index in [0.29, 0.717) is 10.2 Å². The summed E-state index contributed by atoms with van der Waals surface area (Å²) in [5.41, 5.74) is 0. The fourth-order valence-corrected chi connectivity index (χ4v) is 4.07. The number of carbonyl (C=O) groups excluding carboxylic acids is 1. The number of carbonyl (C=O) groups is 1. The van der Waals surface area contributed by atoms with E-state index in [1.165, 1.54) is 23.1 Å². The molecule has 112 valence electrons. The van der Waals surface area contributed by atoms with Crippen molar-refractivity contribution in [2.24, 2.45) is 0 Å². The Kier molecular flexibility index (Phi) is 6.35. The van der Waals surface area contributed by atoms with Crippen molar-refractivity contribution in [1.82, 2.24) is 10.2 Å². The van der Waals surface area contributed by atoms with Gasteiger partial charge in [-0.15, -0.1) is 22.0 Å². The van der Waals surface area contributed by atoms with E-state index in [9.17, 15) is 4.79 Å². The summed E-state index contributed by atoms with van der Waals surface area (Å²) in [6.45, 7) is 3.91. The number of halogens is 1. The highest BCUT2D eigenvalue weighted by molar-refractivity contribution is 8.01. The lowest BCUT2D eigenvalue weighted by Crippen LogP contribution is -2.22. The molecule has 0 unspecified atom stereocenters. The molecule has 0 saturated heterocycles. The van der Waals surface area contributed by atoms with E-state index in [0.717, 1.165) is 15.0 Å². The SMILES string of the molecule is CCSc1nnc(NC(=O)[C@H](C)Sc2ccc(Cl)cc2)s1. The van der Waals surface area contributed by atoms with E-state index in [2.05, 4.69) is 22.4 Å². The molecule has 8 heteroatoms. The number of hydrogen-bond donors (Lipinski definition) is 1. The average molecular weight is 360 g/mol. The topological polar surface area (TPSA) is 54.9 Å². The summed E-state index contributed by atoms with van der Waals surface area (Å²) < 4.78 is 0.866. The number of rotatable bonds is 6. The average Bonchev–Trinajstić information content (AvgIpc) is 2.89. The maximum absolute atomic E-state index is 12.1. The third-order valence-corrected chi connectivity index (χ3v) is 5.62. The van der Waals surface area contributed by atoms with E-state index < -0.39 is 0 Å². The third-order valence-electron chi connectivity index (χ3n) is 2.40. The molecule has 1 N–H and O–H groups in total. The van der Waals surface area contributed by atoms with Crippen LogP contribution in [-0.4, -0.2) is 27.1 Å². The molecule has 0 saturated carbocycles. The van der Waals surface area contributed by atoms with Crippen LogP contribution in [0.5, 0.6) is 0 Å². The Labute approximate surface area is 141 Å². The lowest BCUT2D eigenvalue weighted by molar-refractivity contribution is -0.115. The van der Waals surface area contributed by atoms with Crippen molar-refractivity contribution < 1.29 is 4.79 Å². The number of amides is 1. The third kappa shape index (κ3) is 5.18. The lowest BCUT2D eigenvalue weighted by Gasteiger charge is -2.10. The van der Waals surface area contributed by atoms with Crippen LogP contribution in [0.1, 0.15) is 13.8 Å². The van der Waals surface area contributed by atoms with Crippen LogP contribution in [0.2, 0.25) is 5.02 Å². The number of nitrogens with zero attached hydrogens (tertiary/aromatic N) is 2. The van der Waals surface area contributed by atoms with Gasteiger partial charge in [0.2, 0.25) is 11.0 Å². The minimum atomic E-state index is -0.225. The molecule has 0 radical (unpaired) electrons. The number of aromatic nitrogens is 2. The van der Waals surface area contributed by atoms with Gasteiger partial charge in [0.25, 0.3) is 0 Å². The largest absolute Gasteiger partial charge is 0.300 e. The van der Waals surface area contributed by atoms with Crippen molar-refractivity contribution in [3.05, 3.63) is 29.3 Å². The van der Waals surface area contributed by atoms with Crippen molar-refractivity contribution in [1.29, 1.82) is 0 Å². The number of benzene rings is 1. The van der Waals surface area contributed by atoms with Crippen molar-refractivity contribution in [3.8, 4) is 0 Å². The molecule has 0 spiro atoms. The Morgan fingerprint density at radius 2 is 2.10 bits per heavy atom. The summed E-state index contributed by atoms with van der Waals surface area (Å²) in [5, 5.41) is 11.8. The minimum Gasteiger partial charge on any atom is -0.300 e. The van der Waals surface area contributed by atoms with Gasteiger partial charge in [-0.25, -0.2) is 0 Å². The molecule has 1 amide bonds. The summed E-state index contributed by atoms with van der Waals surface area (Å²) in [6, 6.07) is 7.43. The van der Waals surface area contributed by atoms with Crippen LogP contribution in [0.25, 0.3) is 0 Å². The standard InChI is InChI=1S/C13H14ClN3OS3/c1-3-19-13-17-16-12(21-13)15-11(18)8(2)20-10-6-4-9(14)5-7-10/h4-8H,3H2,1-2H3,(H,15,16,18)/t8-/m0/s1. The van der Waals surface area contributed by atoms with Crippen molar-refractivity contribution in [2.75, 3.05) is 11.1 Å². The molecule has 1 atom stereocenters. The van der Waals surface area contributed by atoms with Crippen molar-refractivity contribution in [2.45, 2.75) is 28.3 Å². The van der Waals surface area contributed by atoms with Gasteiger partial charge >= 0.3 is 0 Å². The smallest absolute Gasteiger partial charge is 0.239 e. The second kappa shape index (κ2) is 8.03. The van der Waals surface area contributed by atoms with E-state index in [1.807, 2.05) is 31.2 Å². The summed E-state index contributed by atoms with van der Waals surface area (Å²) in [4.78, 5) is 13.1. The second-order valence-corrected chi connectivity index (χ2v) is 8.35. The fourth-order valence-electron chi connectivity index (χ4n) is 1.42. The molecule has 0 aliphatic rings. The van der Waals surface area contributed by atoms with Crippen LogP contribution in [0.15, 0.2) is 33.5 Å². The lowest BCUT2D eigenvalue weighted by atomic mass is 10.4. The fraction of sp³-hybridized carbons (Fsp3) is 0.308. The van der Waals surface area contributed by atoms with E-state index >= 15 is 0 Å². The molecule has 0 aliphatic carbocycles. The maximum atomic E-state index is 12.1. The van der Waals surface area contributed by atoms with Crippen LogP contribution >= 0.6 is 46.5 Å². The quantitative estimate of drug-likeness (QED) is 0.611. The Morgan fingerprint density at radius 3 is 2.76 bits per heavy atom. The van der Waals surface area contributed by atoms with Gasteiger partial charge in [-0.2, -0.15) is 0 Å². The van der Waals surface area contributed by atoms with Gasteiger partial charge in [0.05, 0.1) is 5.25 Å². The van der Waals surface area contributed by atoms with Crippen molar-refractivity contribution >= 4 is 57.5 Å². The van der Waals surface area contributed by atoms with Crippen LogP contribution in [0, 0.1) is 0 Å². The van der Waals surface area contributed by atoms with Crippen LogP contribution in [-0.2, 0) is 4.79 Å². The molecular formula is C13H14ClN3OS3. The summed E-state index contributed by atoms with van der Waals surface area (Å²) in [6.07, 6.45) is 0. The van der Waals surface area contributed by atoms with Gasteiger partial charge in [-0.3, -0.25) is 10.1 Å². The second-order valence-electron chi connectivity index (χ2n) is 4.01. The van der Waals surface area contributed by atoms with Gasteiger partial charge in [0, 0.05) is 9.92 Å². The number of nitrogens with one attached hydrogen (secondary N) is 1. The van der Waals surface area contributed by atoms with Gasteiger partial charge in [0.1, 0.15) is 0 Å². The predicted molar refractivity (Wildman–Crippen MR) is 91.7 cm³/mol. The Morgan fingerprint density at radius 1 is 1.38 bits per heavy atom. The van der Waals surface area contributed by atoms with Gasteiger partial charge in [0.15, 0.2) is 4.34 Å². The predicted octanol–water partition coefficient (Wildman–Crippen LogP) is 4.42. The minimum absolute atomic E-state index is 0.0841. The summed E-state index contributed by atoms with van der Waals surface area (Å²) in [5.74, 6) is 0.852. The van der Waals surface area contributed by atoms with E-state index in [1.54, 1.807) is 11.8 Å². The first-order valence-corrected chi connectivity index (χ1v) is 9.34. The summed E-state index contributed by atoms with van der Waals surface area (Å²) >= 11 is 10.3. The van der Waals surface area contributed by atoms with Crippen molar-refractivity contribution in [3.63, 3.8) is 0 Å². The molecule has 4 nitrogen and oxygen atoms in total. The zero-order valence-corrected chi connectivity index (χ0v) is 14.7. The van der Waals surface area contributed by atoms with Crippen LogP contribution in [0.3, 0.4) is 0 Å². The highest BCUT2D eigenvalue weighted by Crippen LogP contribution is 2.28. The molecule has 2 rings (SSSR count). The molecule has 0 fully saturated rings. The first kappa shape index (κ1) is 16.6. The number of anilines is 1. The van der Waals surface area contributed by atoms with Crippen LogP contribution < -0.4 is 5.32 Å². The molecule has 0 aliphatic heterocycles.